The summed E-state index contributed by atoms with van der Waals surface area (Å²) in [6, 6.07) is 8.12. The molecule has 1 saturated heterocycles. The summed E-state index contributed by atoms with van der Waals surface area (Å²) in [5, 5.41) is 3.78. The van der Waals surface area contributed by atoms with E-state index in [2.05, 4.69) is 27.4 Å². The minimum absolute atomic E-state index is 0.107. The minimum atomic E-state index is -0.367. The first-order chi connectivity index (χ1) is 14.1. The molecule has 1 aromatic carbocycles. The van der Waals surface area contributed by atoms with Gasteiger partial charge >= 0.3 is 0 Å². The lowest BCUT2D eigenvalue weighted by Crippen LogP contribution is -2.31. The lowest BCUT2D eigenvalue weighted by Gasteiger charge is -2.26. The van der Waals surface area contributed by atoms with E-state index in [-0.39, 0.29) is 24.1 Å². The maximum absolute atomic E-state index is 14.8. The SMILES string of the molecule is CNc1ncc2c(c1F)CN(C(=O)c1cc3ccc(C4COC4)cc3[nH]1)CCC2. The molecular formula is C22H23FN4O2. The number of pyridine rings is 1. The number of hydrogen-bond donors (Lipinski definition) is 2. The summed E-state index contributed by atoms with van der Waals surface area (Å²) in [6.45, 7) is 2.33. The van der Waals surface area contributed by atoms with Gasteiger partial charge in [0.2, 0.25) is 0 Å². The lowest BCUT2D eigenvalue weighted by atomic mass is 9.97. The Balaban J connectivity index is 1.44. The maximum Gasteiger partial charge on any atom is 0.270 e. The number of nitrogens with one attached hydrogen (secondary N) is 2. The first-order valence-electron chi connectivity index (χ1n) is 9.97. The van der Waals surface area contributed by atoms with Crippen LogP contribution in [0.2, 0.25) is 0 Å². The zero-order chi connectivity index (χ0) is 20.0. The van der Waals surface area contributed by atoms with Crippen molar-refractivity contribution in [3.05, 3.63) is 58.7 Å². The molecular weight excluding hydrogens is 371 g/mol. The molecule has 3 aromatic rings. The third-order valence-electron chi connectivity index (χ3n) is 5.94. The highest BCUT2D eigenvalue weighted by Gasteiger charge is 2.26. The molecule has 0 aliphatic carbocycles. The van der Waals surface area contributed by atoms with Crippen molar-refractivity contribution in [2.75, 3.05) is 32.1 Å². The Morgan fingerprint density at radius 3 is 2.97 bits per heavy atom. The van der Waals surface area contributed by atoms with Crippen molar-refractivity contribution in [1.29, 1.82) is 0 Å². The largest absolute Gasteiger partial charge is 0.380 e. The van der Waals surface area contributed by atoms with E-state index in [9.17, 15) is 9.18 Å². The van der Waals surface area contributed by atoms with Crippen molar-refractivity contribution >= 4 is 22.6 Å². The van der Waals surface area contributed by atoms with Crippen molar-refractivity contribution in [1.82, 2.24) is 14.9 Å². The van der Waals surface area contributed by atoms with Crippen LogP contribution >= 0.6 is 0 Å². The number of rotatable bonds is 3. The topological polar surface area (TPSA) is 70.2 Å². The van der Waals surface area contributed by atoms with Crippen LogP contribution in [-0.4, -0.2) is 47.6 Å². The van der Waals surface area contributed by atoms with Crippen LogP contribution in [0.3, 0.4) is 0 Å². The second kappa shape index (κ2) is 7.15. The average Bonchev–Trinajstić information content (AvgIpc) is 2.98. The normalized spacial score (nSPS) is 17.0. The van der Waals surface area contributed by atoms with Gasteiger partial charge in [0.05, 0.1) is 13.2 Å². The number of hydrogen-bond acceptors (Lipinski definition) is 4. The van der Waals surface area contributed by atoms with E-state index in [0.29, 0.717) is 30.1 Å². The van der Waals surface area contributed by atoms with Crippen molar-refractivity contribution < 1.29 is 13.9 Å². The lowest BCUT2D eigenvalue weighted by molar-refractivity contribution is 0.00847. The Labute approximate surface area is 168 Å². The van der Waals surface area contributed by atoms with E-state index in [0.717, 1.165) is 36.1 Å². The van der Waals surface area contributed by atoms with Crippen LogP contribution in [-0.2, 0) is 17.7 Å². The first-order valence-corrected chi connectivity index (χ1v) is 9.97. The summed E-state index contributed by atoms with van der Waals surface area (Å²) < 4.78 is 20.1. The Bertz CT molecular complexity index is 1090. The van der Waals surface area contributed by atoms with Gasteiger partial charge in [0.15, 0.2) is 11.6 Å². The first kappa shape index (κ1) is 18.1. The van der Waals surface area contributed by atoms with Crippen LogP contribution in [0.15, 0.2) is 30.5 Å². The summed E-state index contributed by atoms with van der Waals surface area (Å²) in [4.78, 5) is 22.3. The number of aryl methyl sites for hydroxylation is 1. The Hall–Kier alpha value is -2.93. The zero-order valence-corrected chi connectivity index (χ0v) is 16.3. The van der Waals surface area contributed by atoms with E-state index in [1.165, 1.54) is 5.56 Å². The van der Waals surface area contributed by atoms with Gasteiger partial charge in [0.1, 0.15) is 5.69 Å². The molecule has 2 aliphatic heterocycles. The van der Waals surface area contributed by atoms with Gasteiger partial charge in [-0.15, -0.1) is 0 Å². The van der Waals surface area contributed by atoms with Gasteiger partial charge in [0, 0.05) is 48.7 Å². The van der Waals surface area contributed by atoms with Crippen LogP contribution in [0.5, 0.6) is 0 Å². The van der Waals surface area contributed by atoms with Crippen molar-refractivity contribution in [3.8, 4) is 0 Å². The zero-order valence-electron chi connectivity index (χ0n) is 16.3. The number of halogens is 1. The molecule has 0 saturated carbocycles. The van der Waals surface area contributed by atoms with Crippen molar-refractivity contribution in [3.63, 3.8) is 0 Å². The minimum Gasteiger partial charge on any atom is -0.380 e. The number of aromatic nitrogens is 2. The number of amides is 1. The fourth-order valence-electron chi connectivity index (χ4n) is 4.14. The summed E-state index contributed by atoms with van der Waals surface area (Å²) in [7, 11) is 1.64. The van der Waals surface area contributed by atoms with Crippen molar-refractivity contribution in [2.45, 2.75) is 25.3 Å². The van der Waals surface area contributed by atoms with Crippen LogP contribution in [0.4, 0.5) is 10.2 Å². The van der Waals surface area contributed by atoms with Gasteiger partial charge < -0.3 is 19.9 Å². The highest BCUT2D eigenvalue weighted by Crippen LogP contribution is 2.29. The second-order valence-electron chi connectivity index (χ2n) is 7.77. The third kappa shape index (κ3) is 3.15. The molecule has 4 heterocycles. The molecule has 2 aromatic heterocycles. The van der Waals surface area contributed by atoms with Crippen LogP contribution in [0.25, 0.3) is 10.9 Å². The molecule has 2 N–H and O–H groups in total. The van der Waals surface area contributed by atoms with Gasteiger partial charge in [-0.3, -0.25) is 4.79 Å². The Morgan fingerprint density at radius 2 is 2.21 bits per heavy atom. The molecule has 0 radical (unpaired) electrons. The molecule has 150 valence electrons. The number of carbonyl (C=O) groups is 1. The van der Waals surface area contributed by atoms with Crippen molar-refractivity contribution in [2.24, 2.45) is 0 Å². The number of benzene rings is 1. The van der Waals surface area contributed by atoms with E-state index in [1.807, 2.05) is 12.1 Å². The second-order valence-corrected chi connectivity index (χ2v) is 7.77. The van der Waals surface area contributed by atoms with E-state index in [1.54, 1.807) is 18.1 Å². The summed E-state index contributed by atoms with van der Waals surface area (Å²) in [5.41, 5.74) is 4.14. The number of aromatic amines is 1. The van der Waals surface area contributed by atoms with Gasteiger partial charge in [-0.25, -0.2) is 9.37 Å². The highest BCUT2D eigenvalue weighted by atomic mass is 19.1. The molecule has 1 fully saturated rings. The number of anilines is 1. The standard InChI is InChI=1S/C22H23FN4O2/c1-24-21-20(23)17-10-27(6-2-3-15(17)9-25-21)22(28)19-8-14-5-4-13(7-18(14)26-19)16-11-29-12-16/h4-5,7-9,16,26H,2-3,6,10-12H2,1H3,(H,24,25). The number of nitrogens with zero attached hydrogens (tertiary/aromatic N) is 2. The smallest absolute Gasteiger partial charge is 0.270 e. The number of carbonyl (C=O) groups excluding carboxylic acids is 1. The molecule has 0 unspecified atom stereocenters. The molecule has 1 amide bonds. The number of H-pyrrole nitrogens is 1. The summed E-state index contributed by atoms with van der Waals surface area (Å²) in [6.07, 6.45) is 3.21. The van der Waals surface area contributed by atoms with Crippen LogP contribution in [0.1, 0.15) is 39.5 Å². The molecule has 5 rings (SSSR count). The number of ether oxygens (including phenoxy) is 1. The summed E-state index contributed by atoms with van der Waals surface area (Å²) in [5.74, 6) is 0.177. The van der Waals surface area contributed by atoms with Crippen LogP contribution < -0.4 is 5.32 Å². The molecule has 6 nitrogen and oxygen atoms in total. The van der Waals surface area contributed by atoms with Gasteiger partial charge in [0.25, 0.3) is 5.91 Å². The molecule has 2 aliphatic rings. The highest BCUT2D eigenvalue weighted by molar-refractivity contribution is 5.98. The van der Waals surface area contributed by atoms with E-state index < -0.39 is 0 Å². The van der Waals surface area contributed by atoms with E-state index >= 15 is 0 Å². The molecule has 29 heavy (non-hydrogen) atoms. The Kier molecular flexibility index (Phi) is 4.47. The predicted octanol–water partition coefficient (Wildman–Crippen LogP) is 3.45. The monoisotopic (exact) mass is 394 g/mol. The fraction of sp³-hybridized carbons (Fsp3) is 0.364. The molecule has 0 spiro atoms. The van der Waals surface area contributed by atoms with E-state index in [4.69, 9.17) is 4.74 Å². The number of fused-ring (bicyclic) bond motifs is 2. The van der Waals surface area contributed by atoms with Crippen LogP contribution in [0, 0.1) is 5.82 Å². The average molecular weight is 394 g/mol. The maximum atomic E-state index is 14.8. The quantitative estimate of drug-likeness (QED) is 0.714. The van der Waals surface area contributed by atoms with Gasteiger partial charge in [-0.1, -0.05) is 12.1 Å². The Morgan fingerprint density at radius 1 is 1.34 bits per heavy atom. The fourth-order valence-corrected chi connectivity index (χ4v) is 4.14. The molecule has 0 bridgehead atoms. The van der Waals surface area contributed by atoms with Gasteiger partial charge in [-0.2, -0.15) is 0 Å². The third-order valence-corrected chi connectivity index (χ3v) is 5.94. The van der Waals surface area contributed by atoms with Gasteiger partial charge in [-0.05, 0) is 36.1 Å². The predicted molar refractivity (Wildman–Crippen MR) is 109 cm³/mol. The summed E-state index contributed by atoms with van der Waals surface area (Å²) >= 11 is 0. The molecule has 7 heteroatoms. The molecule has 0 atom stereocenters.